The van der Waals surface area contributed by atoms with E-state index in [1.54, 1.807) is 6.07 Å². The fraction of sp³-hybridized carbons (Fsp3) is 0.357. The molecule has 7 nitrogen and oxygen atoms in total. The Morgan fingerprint density at radius 2 is 2.32 bits per heavy atom. The molecule has 0 bridgehead atoms. The van der Waals surface area contributed by atoms with Crippen molar-refractivity contribution in [1.82, 2.24) is 4.90 Å². The van der Waals surface area contributed by atoms with Crippen molar-refractivity contribution in [2.75, 3.05) is 11.5 Å². The summed E-state index contributed by atoms with van der Waals surface area (Å²) in [6.07, 6.45) is 1.85. The van der Waals surface area contributed by atoms with E-state index < -0.39 is 12.0 Å². The number of aliphatic carboxylic acids is 1. The van der Waals surface area contributed by atoms with Crippen LogP contribution in [0.1, 0.15) is 5.69 Å². The van der Waals surface area contributed by atoms with Crippen LogP contribution in [0, 0.1) is 6.92 Å². The van der Waals surface area contributed by atoms with Crippen molar-refractivity contribution < 1.29 is 19.3 Å². The number of amides is 1. The third kappa shape index (κ3) is 2.15. The number of aromatic nitrogens is 1. The van der Waals surface area contributed by atoms with E-state index in [1.807, 2.05) is 23.8 Å². The lowest BCUT2D eigenvalue weighted by Gasteiger charge is -2.47. The lowest BCUT2D eigenvalue weighted by molar-refractivity contribution is -0.694. The highest BCUT2D eigenvalue weighted by atomic mass is 32.2. The molecule has 3 rings (SSSR count). The van der Waals surface area contributed by atoms with Gasteiger partial charge in [0.1, 0.15) is 17.1 Å². The summed E-state index contributed by atoms with van der Waals surface area (Å²) in [6.45, 7) is 2.26. The number of nitrogens with zero attached hydrogens (tertiary/aromatic N) is 2. The molecule has 2 aliphatic heterocycles. The molecular formula is C14H17N4O3S+. The molecular weight excluding hydrogens is 304 g/mol. The van der Waals surface area contributed by atoms with Gasteiger partial charge in [-0.25, -0.2) is 4.79 Å². The van der Waals surface area contributed by atoms with E-state index in [9.17, 15) is 14.7 Å². The van der Waals surface area contributed by atoms with Crippen molar-refractivity contribution in [2.45, 2.75) is 24.9 Å². The lowest BCUT2D eigenvalue weighted by Crippen LogP contribution is -2.68. The highest BCUT2D eigenvalue weighted by molar-refractivity contribution is 8.00. The first-order valence-electron chi connectivity index (χ1n) is 6.82. The van der Waals surface area contributed by atoms with Gasteiger partial charge in [0, 0.05) is 24.3 Å². The van der Waals surface area contributed by atoms with Crippen LogP contribution in [0.15, 0.2) is 29.6 Å². The highest BCUT2D eigenvalue weighted by Gasteiger charge is 2.52. The predicted octanol–water partition coefficient (Wildman–Crippen LogP) is -0.554. The summed E-state index contributed by atoms with van der Waals surface area (Å²) in [7, 11) is 0. The van der Waals surface area contributed by atoms with Crippen LogP contribution in [-0.4, -0.2) is 39.1 Å². The number of thioether (sulfide) groups is 1. The quantitative estimate of drug-likeness (QED) is 0.508. The van der Waals surface area contributed by atoms with Gasteiger partial charge >= 0.3 is 5.97 Å². The van der Waals surface area contributed by atoms with E-state index in [1.165, 1.54) is 16.7 Å². The van der Waals surface area contributed by atoms with E-state index in [0.717, 1.165) is 5.69 Å². The highest BCUT2D eigenvalue weighted by Crippen LogP contribution is 2.39. The van der Waals surface area contributed by atoms with Crippen LogP contribution in [0.25, 0.3) is 0 Å². The van der Waals surface area contributed by atoms with Crippen LogP contribution in [-0.2, 0) is 16.1 Å². The Hall–Kier alpha value is -2.06. The number of anilines is 1. The smallest absolute Gasteiger partial charge is 0.352 e. The zero-order valence-electron chi connectivity index (χ0n) is 12.0. The SMILES string of the molecule is Cc1c(N)ccc[n+]1CC1=C(C(=O)O)N2C(=O)[C@@H](N)[C@@H]2SC1. The maximum absolute atomic E-state index is 11.9. The average Bonchev–Trinajstić information content (AvgIpc) is 2.50. The lowest BCUT2D eigenvalue weighted by atomic mass is 10.0. The van der Waals surface area contributed by atoms with E-state index in [0.29, 0.717) is 23.6 Å². The Bertz CT molecular complexity index is 703. The van der Waals surface area contributed by atoms with Crippen LogP contribution in [0.2, 0.25) is 0 Å². The number of hydrogen-bond acceptors (Lipinski definition) is 5. The molecule has 8 heteroatoms. The van der Waals surface area contributed by atoms with E-state index in [2.05, 4.69) is 0 Å². The Morgan fingerprint density at radius 1 is 1.59 bits per heavy atom. The topological polar surface area (TPSA) is 114 Å². The van der Waals surface area contributed by atoms with Crippen molar-refractivity contribution in [2.24, 2.45) is 5.73 Å². The van der Waals surface area contributed by atoms with Gasteiger partial charge in [-0.1, -0.05) is 0 Å². The van der Waals surface area contributed by atoms with Gasteiger partial charge in [0.2, 0.25) is 11.6 Å². The van der Waals surface area contributed by atoms with Crippen LogP contribution >= 0.6 is 11.8 Å². The van der Waals surface area contributed by atoms with E-state index in [4.69, 9.17) is 11.5 Å². The number of pyridine rings is 1. The van der Waals surface area contributed by atoms with E-state index in [-0.39, 0.29) is 17.0 Å². The van der Waals surface area contributed by atoms with Crippen molar-refractivity contribution in [3.63, 3.8) is 0 Å². The second kappa shape index (κ2) is 5.29. The number of β-lactam (4-membered cyclic amide) rings is 1. The molecule has 2 aliphatic rings. The Labute approximate surface area is 131 Å². The summed E-state index contributed by atoms with van der Waals surface area (Å²) in [6, 6.07) is 3.00. The van der Waals surface area contributed by atoms with Gasteiger partial charge in [-0.2, -0.15) is 4.57 Å². The van der Waals surface area contributed by atoms with Gasteiger partial charge in [0.25, 0.3) is 0 Å². The number of carbonyl (C=O) groups excluding carboxylic acids is 1. The summed E-state index contributed by atoms with van der Waals surface area (Å²) < 4.78 is 1.89. The second-order valence-corrected chi connectivity index (χ2v) is 6.47. The molecule has 0 unspecified atom stereocenters. The number of carboxylic acid groups (broad SMARTS) is 1. The Kier molecular flexibility index (Phi) is 3.57. The maximum atomic E-state index is 11.9. The molecule has 3 heterocycles. The summed E-state index contributed by atoms with van der Waals surface area (Å²) in [5.74, 6) is -0.894. The first-order chi connectivity index (χ1) is 10.4. The van der Waals surface area contributed by atoms with Gasteiger partial charge in [-0.05, 0) is 6.07 Å². The number of fused-ring (bicyclic) bond motifs is 1. The molecule has 1 amide bonds. The van der Waals surface area contributed by atoms with Crippen LogP contribution in [0.5, 0.6) is 0 Å². The number of rotatable bonds is 3. The fourth-order valence-corrected chi connectivity index (χ4v) is 4.01. The van der Waals surface area contributed by atoms with Gasteiger partial charge in [-0.15, -0.1) is 11.8 Å². The minimum Gasteiger partial charge on any atom is -0.477 e. The first kappa shape index (κ1) is 14.9. The van der Waals surface area contributed by atoms with Gasteiger partial charge in [0.05, 0.1) is 5.69 Å². The Balaban J connectivity index is 1.98. The summed E-state index contributed by atoms with van der Waals surface area (Å²) in [5, 5.41) is 9.23. The van der Waals surface area contributed by atoms with Crippen molar-refractivity contribution in [3.8, 4) is 0 Å². The van der Waals surface area contributed by atoms with Gasteiger partial charge in [0.15, 0.2) is 12.7 Å². The molecule has 0 aromatic carbocycles. The van der Waals surface area contributed by atoms with Crippen molar-refractivity contribution in [3.05, 3.63) is 35.3 Å². The molecule has 1 saturated heterocycles. The molecule has 22 heavy (non-hydrogen) atoms. The number of carbonyl (C=O) groups is 2. The number of nitrogens with two attached hydrogens (primary N) is 2. The molecule has 116 valence electrons. The average molecular weight is 321 g/mol. The zero-order valence-corrected chi connectivity index (χ0v) is 12.8. The van der Waals surface area contributed by atoms with Crippen molar-refractivity contribution >= 4 is 29.3 Å². The molecule has 0 radical (unpaired) electrons. The van der Waals surface area contributed by atoms with Crippen LogP contribution in [0.3, 0.4) is 0 Å². The van der Waals surface area contributed by atoms with E-state index >= 15 is 0 Å². The molecule has 1 aromatic rings. The molecule has 1 aromatic heterocycles. The third-order valence-corrected chi connectivity index (χ3v) is 5.40. The summed E-state index contributed by atoms with van der Waals surface area (Å²) in [5.41, 5.74) is 13.9. The third-order valence-electron chi connectivity index (χ3n) is 4.04. The number of hydrogen-bond donors (Lipinski definition) is 3. The molecule has 0 spiro atoms. The molecule has 0 aliphatic carbocycles. The van der Waals surface area contributed by atoms with Gasteiger partial charge < -0.3 is 16.6 Å². The molecule has 2 atom stereocenters. The number of carboxylic acids is 1. The second-order valence-electron chi connectivity index (χ2n) is 5.37. The summed E-state index contributed by atoms with van der Waals surface area (Å²) in [4.78, 5) is 24.8. The number of nitrogen functional groups attached to an aromatic ring is 1. The zero-order chi connectivity index (χ0) is 16.0. The molecule has 5 N–H and O–H groups in total. The van der Waals surface area contributed by atoms with Crippen LogP contribution in [0.4, 0.5) is 5.69 Å². The molecule has 1 fully saturated rings. The van der Waals surface area contributed by atoms with Crippen molar-refractivity contribution in [1.29, 1.82) is 0 Å². The van der Waals surface area contributed by atoms with Crippen LogP contribution < -0.4 is 16.0 Å². The normalized spacial score (nSPS) is 24.1. The largest absolute Gasteiger partial charge is 0.477 e. The summed E-state index contributed by atoms with van der Waals surface area (Å²) >= 11 is 1.50. The standard InChI is InChI=1S/C14H16N4O3S/c1-7-9(15)3-2-4-17(7)5-8-6-22-13-10(16)12(19)18(13)11(8)14(20)21/h2-4,10,13H,5-6,15-16H2,1H3/p+1/t10-,13+/m1/s1. The predicted molar refractivity (Wildman–Crippen MR) is 81.5 cm³/mol. The first-order valence-corrected chi connectivity index (χ1v) is 7.86. The fourth-order valence-electron chi connectivity index (χ4n) is 2.73. The minimum atomic E-state index is -1.09. The van der Waals surface area contributed by atoms with Gasteiger partial charge in [-0.3, -0.25) is 9.69 Å². The minimum absolute atomic E-state index is 0.0600. The maximum Gasteiger partial charge on any atom is 0.352 e. The Morgan fingerprint density at radius 3 is 3.00 bits per heavy atom. The molecule has 0 saturated carbocycles. The monoisotopic (exact) mass is 321 g/mol.